The van der Waals surface area contributed by atoms with Gasteiger partial charge in [-0.15, -0.1) is 35.3 Å². The number of guanidine groups is 1. The Labute approximate surface area is 189 Å². The molecular formula is C19H34IN5O2S. The largest absolute Gasteiger partial charge is 0.444 e. The molecule has 1 aromatic rings. The molecule has 2 heterocycles. The van der Waals surface area contributed by atoms with Crippen LogP contribution in [0.3, 0.4) is 0 Å². The summed E-state index contributed by atoms with van der Waals surface area (Å²) >= 11 is 1.75. The molecule has 1 unspecified atom stereocenters. The normalized spacial score (nSPS) is 17.3. The number of hydrogen-bond acceptors (Lipinski definition) is 5. The Morgan fingerprint density at radius 1 is 1.39 bits per heavy atom. The number of aryl methyl sites for hydroxylation is 2. The van der Waals surface area contributed by atoms with Crippen LogP contribution in [-0.4, -0.2) is 59.8 Å². The first-order chi connectivity index (χ1) is 12.7. The molecule has 7 nitrogen and oxygen atoms in total. The summed E-state index contributed by atoms with van der Waals surface area (Å²) in [5.41, 5.74) is 0.631. The molecule has 1 amide bonds. The van der Waals surface area contributed by atoms with Crippen molar-refractivity contribution < 1.29 is 9.53 Å². The highest BCUT2D eigenvalue weighted by Gasteiger charge is 2.27. The van der Waals surface area contributed by atoms with Crippen molar-refractivity contribution in [1.82, 2.24) is 20.5 Å². The standard InChI is InChI=1S/C19H33N5O2S.HI/c1-7-20-17(21-10-8-16-13(2)22-14(3)27-16)24-11-9-15(12-24)23-18(25)26-19(4,5)6;/h15H,7-12H2,1-6H3,(H,20,21)(H,23,25);1H. The molecule has 1 aliphatic heterocycles. The van der Waals surface area contributed by atoms with E-state index in [0.29, 0.717) is 0 Å². The predicted octanol–water partition coefficient (Wildman–Crippen LogP) is 3.48. The highest BCUT2D eigenvalue weighted by Crippen LogP contribution is 2.18. The van der Waals surface area contributed by atoms with E-state index in [1.165, 1.54) is 4.88 Å². The molecule has 0 saturated carbocycles. The molecule has 2 N–H and O–H groups in total. The van der Waals surface area contributed by atoms with Crippen LogP contribution in [-0.2, 0) is 11.2 Å². The third-order valence-corrected chi connectivity index (χ3v) is 5.28. The van der Waals surface area contributed by atoms with Crippen LogP contribution >= 0.6 is 35.3 Å². The summed E-state index contributed by atoms with van der Waals surface area (Å²) < 4.78 is 5.35. The molecule has 1 aliphatic rings. The van der Waals surface area contributed by atoms with Gasteiger partial charge in [-0.3, -0.25) is 4.99 Å². The predicted molar refractivity (Wildman–Crippen MR) is 126 cm³/mol. The van der Waals surface area contributed by atoms with Gasteiger partial charge in [0.1, 0.15) is 5.60 Å². The van der Waals surface area contributed by atoms with Crippen molar-refractivity contribution >= 4 is 47.4 Å². The number of carbonyl (C=O) groups is 1. The number of aromatic nitrogens is 1. The van der Waals surface area contributed by atoms with E-state index >= 15 is 0 Å². The van der Waals surface area contributed by atoms with Crippen molar-refractivity contribution in [3.8, 4) is 0 Å². The van der Waals surface area contributed by atoms with Crippen molar-refractivity contribution in [2.24, 2.45) is 4.99 Å². The fourth-order valence-corrected chi connectivity index (χ4v) is 3.97. The summed E-state index contributed by atoms with van der Waals surface area (Å²) in [5.74, 6) is 0.907. The van der Waals surface area contributed by atoms with E-state index in [1.54, 1.807) is 11.3 Å². The number of nitrogens with one attached hydrogen (secondary N) is 2. The average molecular weight is 523 g/mol. The first-order valence-corrected chi connectivity index (χ1v) is 10.4. The summed E-state index contributed by atoms with van der Waals surface area (Å²) in [4.78, 5) is 24.7. The maximum atomic E-state index is 12.0. The molecule has 0 spiro atoms. The van der Waals surface area contributed by atoms with Gasteiger partial charge in [-0.05, 0) is 48.0 Å². The Morgan fingerprint density at radius 2 is 2.11 bits per heavy atom. The zero-order chi connectivity index (χ0) is 20.0. The van der Waals surface area contributed by atoms with E-state index in [-0.39, 0.29) is 36.1 Å². The van der Waals surface area contributed by atoms with Gasteiger partial charge in [-0.2, -0.15) is 0 Å². The van der Waals surface area contributed by atoms with Crippen LogP contribution < -0.4 is 10.6 Å². The third-order valence-electron chi connectivity index (χ3n) is 4.14. The SMILES string of the molecule is CCNC(=NCCc1sc(C)nc1C)N1CCC(NC(=O)OC(C)(C)C)C1.I. The lowest BCUT2D eigenvalue weighted by Crippen LogP contribution is -2.44. The van der Waals surface area contributed by atoms with E-state index in [2.05, 4.69) is 34.4 Å². The number of halogens is 1. The molecule has 9 heteroatoms. The number of ether oxygens (including phenoxy) is 1. The summed E-state index contributed by atoms with van der Waals surface area (Å²) in [6, 6.07) is 0.0788. The second-order valence-electron chi connectivity index (χ2n) is 7.80. The number of hydrogen-bond donors (Lipinski definition) is 2. The molecule has 160 valence electrons. The van der Waals surface area contributed by atoms with Gasteiger partial charge in [0.25, 0.3) is 0 Å². The fraction of sp³-hybridized carbons (Fsp3) is 0.737. The van der Waals surface area contributed by atoms with Crippen molar-refractivity contribution in [2.45, 2.75) is 66.0 Å². The van der Waals surface area contributed by atoms with E-state index in [4.69, 9.17) is 9.73 Å². The van der Waals surface area contributed by atoms with Crippen LogP contribution in [0.25, 0.3) is 0 Å². The molecule has 1 atom stereocenters. The maximum Gasteiger partial charge on any atom is 0.407 e. The summed E-state index contributed by atoms with van der Waals surface area (Å²) in [6.07, 6.45) is 1.43. The van der Waals surface area contributed by atoms with Gasteiger partial charge in [0, 0.05) is 37.5 Å². The van der Waals surface area contributed by atoms with E-state index in [9.17, 15) is 4.79 Å². The van der Waals surface area contributed by atoms with Crippen molar-refractivity contribution in [3.05, 3.63) is 15.6 Å². The van der Waals surface area contributed by atoms with Crippen molar-refractivity contribution in [2.75, 3.05) is 26.2 Å². The lowest BCUT2D eigenvalue weighted by Gasteiger charge is -2.23. The molecule has 0 bridgehead atoms. The zero-order valence-corrected chi connectivity index (χ0v) is 20.9. The summed E-state index contributed by atoms with van der Waals surface area (Å²) in [6.45, 7) is 14.9. The van der Waals surface area contributed by atoms with Gasteiger partial charge in [-0.1, -0.05) is 0 Å². The smallest absolute Gasteiger partial charge is 0.407 e. The Bertz CT molecular complexity index is 672. The average Bonchev–Trinajstić information content (AvgIpc) is 3.11. The number of nitrogens with zero attached hydrogens (tertiary/aromatic N) is 3. The molecule has 28 heavy (non-hydrogen) atoms. The Morgan fingerprint density at radius 3 is 2.68 bits per heavy atom. The minimum absolute atomic E-state index is 0. The van der Waals surface area contributed by atoms with Gasteiger partial charge in [0.05, 0.1) is 16.7 Å². The molecule has 0 aliphatic carbocycles. The Kier molecular flexibility index (Phi) is 9.96. The minimum atomic E-state index is -0.480. The lowest BCUT2D eigenvalue weighted by molar-refractivity contribution is 0.0507. The van der Waals surface area contributed by atoms with Crippen LogP contribution in [0.4, 0.5) is 4.79 Å². The second kappa shape index (κ2) is 11.2. The van der Waals surface area contributed by atoms with Crippen LogP contribution in [0.1, 0.15) is 49.7 Å². The summed E-state index contributed by atoms with van der Waals surface area (Å²) in [5, 5.41) is 7.43. The molecule has 1 fully saturated rings. The number of rotatable bonds is 5. The molecule has 1 saturated heterocycles. The highest BCUT2D eigenvalue weighted by molar-refractivity contribution is 14.0. The second-order valence-corrected chi connectivity index (χ2v) is 9.09. The molecule has 0 radical (unpaired) electrons. The Hall–Kier alpha value is -1.10. The first-order valence-electron chi connectivity index (χ1n) is 9.63. The Balaban J connectivity index is 0.00000392. The van der Waals surface area contributed by atoms with Gasteiger partial charge < -0.3 is 20.3 Å². The van der Waals surface area contributed by atoms with Crippen LogP contribution in [0.2, 0.25) is 0 Å². The number of carbonyl (C=O) groups excluding carboxylic acids is 1. The van der Waals surface area contributed by atoms with Crippen molar-refractivity contribution in [1.29, 1.82) is 0 Å². The molecular weight excluding hydrogens is 489 g/mol. The van der Waals surface area contributed by atoms with Gasteiger partial charge in [-0.25, -0.2) is 9.78 Å². The van der Waals surface area contributed by atoms with Gasteiger partial charge in [0.15, 0.2) is 5.96 Å². The van der Waals surface area contributed by atoms with Crippen LogP contribution in [0, 0.1) is 13.8 Å². The third kappa shape index (κ3) is 8.10. The maximum absolute atomic E-state index is 12.0. The fourth-order valence-electron chi connectivity index (χ4n) is 3.04. The molecule has 0 aromatic carbocycles. The summed E-state index contributed by atoms with van der Waals surface area (Å²) in [7, 11) is 0. The topological polar surface area (TPSA) is 78.9 Å². The number of alkyl carbamates (subject to hydrolysis) is 1. The highest BCUT2D eigenvalue weighted by atomic mass is 127. The minimum Gasteiger partial charge on any atom is -0.444 e. The van der Waals surface area contributed by atoms with E-state index in [1.807, 2.05) is 27.7 Å². The van der Waals surface area contributed by atoms with Crippen LogP contribution in [0.15, 0.2) is 4.99 Å². The first kappa shape index (κ1) is 24.9. The van der Waals surface area contributed by atoms with E-state index in [0.717, 1.165) is 55.7 Å². The quantitative estimate of drug-likeness (QED) is 0.351. The lowest BCUT2D eigenvalue weighted by atomic mass is 10.2. The van der Waals surface area contributed by atoms with Gasteiger partial charge >= 0.3 is 6.09 Å². The number of likely N-dealkylation sites (tertiary alicyclic amines) is 1. The van der Waals surface area contributed by atoms with Crippen LogP contribution in [0.5, 0.6) is 0 Å². The zero-order valence-electron chi connectivity index (χ0n) is 17.8. The molecule has 2 rings (SSSR count). The number of amides is 1. The van der Waals surface area contributed by atoms with Crippen molar-refractivity contribution in [3.63, 3.8) is 0 Å². The van der Waals surface area contributed by atoms with Gasteiger partial charge in [0.2, 0.25) is 0 Å². The number of aliphatic imine (C=N–C) groups is 1. The van der Waals surface area contributed by atoms with E-state index < -0.39 is 5.60 Å². The molecule has 1 aromatic heterocycles. The monoisotopic (exact) mass is 523 g/mol. The number of thiazole rings is 1.